The molecule has 0 aromatic heterocycles. The molecule has 0 spiro atoms. The summed E-state index contributed by atoms with van der Waals surface area (Å²) in [6.07, 6.45) is -2.81. The summed E-state index contributed by atoms with van der Waals surface area (Å²) in [6, 6.07) is 0. The van der Waals surface area contributed by atoms with Gasteiger partial charge in [0.25, 0.3) is 7.60 Å². The van der Waals surface area contributed by atoms with Crippen LogP contribution in [-0.2, 0) is 27.2 Å². The fourth-order valence-corrected chi connectivity index (χ4v) is 147. The maximum atomic E-state index is 11.5. The lowest BCUT2D eigenvalue weighted by Crippen LogP contribution is -2.91. The predicted molar refractivity (Wildman–Crippen MR) is 169 cm³/mol. The Bertz CT molecular complexity index is 829. The van der Waals surface area contributed by atoms with Crippen molar-refractivity contribution >= 4 is 52.7 Å². The zero-order valence-corrected chi connectivity index (χ0v) is 33.5. The first-order chi connectivity index (χ1) is 16.2. The SMILES string of the molecule is CC1(C)O[C@H]2O[C@H]([C@@H]3CO[Si]([Si](C)(C)C)([Si](C)(C)C)O[Si](C)(C)[Si]([Si](C)(C)C)([Si](C)(C)C)O3)[C@H](O)[C@H]2O1. The average molecular weight is 641 g/mol. The fourth-order valence-electron chi connectivity index (χ4n) is 8.20. The molecule has 5 atom stereocenters. The Hall–Kier alpha value is 1.24. The Balaban J connectivity index is 2.22. The number of hydrogen-bond donors (Lipinski definition) is 1. The van der Waals surface area contributed by atoms with Gasteiger partial charge < -0.3 is 32.3 Å². The Morgan fingerprint density at radius 2 is 1.22 bits per heavy atom. The van der Waals surface area contributed by atoms with Crippen LogP contribution in [0, 0.1) is 0 Å². The van der Waals surface area contributed by atoms with Crippen molar-refractivity contribution in [1.82, 2.24) is 0 Å². The van der Waals surface area contributed by atoms with Crippen LogP contribution in [0.15, 0.2) is 0 Å². The molecule has 3 fully saturated rings. The van der Waals surface area contributed by atoms with Gasteiger partial charge in [0.2, 0.25) is 0 Å². The number of aliphatic hydroxyl groups excluding tert-OH is 1. The summed E-state index contributed by atoms with van der Waals surface area (Å²) in [5.74, 6) is -0.769. The summed E-state index contributed by atoms with van der Waals surface area (Å²) >= 11 is 0. The molecular weight excluding hydrogens is 585 g/mol. The Morgan fingerprint density at radius 3 is 1.62 bits per heavy atom. The molecule has 7 nitrogen and oxygen atoms in total. The number of ether oxygens (including phenoxy) is 3. The number of aliphatic hydroxyl groups is 1. The van der Waals surface area contributed by atoms with E-state index >= 15 is 0 Å². The van der Waals surface area contributed by atoms with Crippen LogP contribution >= 0.6 is 0 Å². The molecule has 0 saturated carbocycles. The first kappa shape index (κ1) is 32.7. The highest BCUT2D eigenvalue weighted by Gasteiger charge is 2.74. The van der Waals surface area contributed by atoms with E-state index in [9.17, 15) is 5.11 Å². The van der Waals surface area contributed by atoms with Crippen LogP contribution in [0.3, 0.4) is 0 Å². The predicted octanol–water partition coefficient (Wildman–Crippen LogP) is 4.99. The zero-order valence-electron chi connectivity index (χ0n) is 26.5. The first-order valence-corrected chi connectivity index (χ1v) is 39.6. The second-order valence-electron chi connectivity index (χ2n) is 16.4. The second kappa shape index (κ2) is 9.64. The van der Waals surface area contributed by atoms with E-state index in [2.05, 4.69) is 91.7 Å². The van der Waals surface area contributed by atoms with Crippen LogP contribution in [0.25, 0.3) is 0 Å². The van der Waals surface area contributed by atoms with Gasteiger partial charge in [0, 0.05) is 0 Å². The molecule has 0 aromatic rings. The van der Waals surface area contributed by atoms with Gasteiger partial charge in [0.1, 0.15) is 18.3 Å². The van der Waals surface area contributed by atoms with Crippen molar-refractivity contribution in [3.63, 3.8) is 0 Å². The van der Waals surface area contributed by atoms with Crippen molar-refractivity contribution < 1.29 is 32.3 Å². The molecule has 0 aromatic carbocycles. The molecule has 3 saturated heterocycles. The van der Waals surface area contributed by atoms with Gasteiger partial charge in [-0.1, -0.05) is 78.6 Å². The molecule has 0 amide bonds. The molecule has 1 N–H and O–H groups in total. The maximum Gasteiger partial charge on any atom is 0.285 e. The van der Waals surface area contributed by atoms with E-state index in [0.29, 0.717) is 6.61 Å². The maximum absolute atomic E-state index is 11.5. The van der Waals surface area contributed by atoms with E-state index in [-0.39, 0.29) is 6.10 Å². The van der Waals surface area contributed by atoms with E-state index in [1.807, 2.05) is 13.8 Å². The van der Waals surface area contributed by atoms with Gasteiger partial charge in [-0.2, -0.15) is 0 Å². The Morgan fingerprint density at radius 1 is 0.730 bits per heavy atom. The lowest BCUT2D eigenvalue weighted by Gasteiger charge is -2.63. The van der Waals surface area contributed by atoms with Gasteiger partial charge in [-0.3, -0.25) is 0 Å². The van der Waals surface area contributed by atoms with Crippen molar-refractivity contribution in [2.45, 2.75) is 142 Å². The zero-order chi connectivity index (χ0) is 28.8. The summed E-state index contributed by atoms with van der Waals surface area (Å²) in [5, 5.41) is 11.5. The molecule has 14 heteroatoms. The molecule has 3 aliphatic heterocycles. The van der Waals surface area contributed by atoms with E-state index in [0.717, 1.165) is 0 Å². The van der Waals surface area contributed by atoms with Crippen LogP contribution in [0.5, 0.6) is 0 Å². The minimum atomic E-state index is -2.58. The van der Waals surface area contributed by atoms with Gasteiger partial charge in [-0.05, 0) is 26.9 Å². The fraction of sp³-hybridized carbons (Fsp3) is 1.00. The van der Waals surface area contributed by atoms with Crippen LogP contribution in [0.4, 0.5) is 0 Å². The summed E-state index contributed by atoms with van der Waals surface area (Å²) in [6.45, 7) is 36.5. The van der Waals surface area contributed by atoms with Gasteiger partial charge in [-0.15, -0.1) is 0 Å². The molecule has 37 heavy (non-hydrogen) atoms. The highest BCUT2D eigenvalue weighted by molar-refractivity contribution is 7.87. The molecule has 3 rings (SSSR count). The van der Waals surface area contributed by atoms with E-state index in [1.54, 1.807) is 0 Å². The summed E-state index contributed by atoms with van der Waals surface area (Å²) in [4.78, 5) is 0. The highest BCUT2D eigenvalue weighted by atomic mass is 29.9. The number of rotatable bonds is 5. The van der Waals surface area contributed by atoms with Crippen molar-refractivity contribution in [2.24, 2.45) is 0 Å². The van der Waals surface area contributed by atoms with E-state index in [4.69, 9.17) is 27.2 Å². The second-order valence-corrected chi connectivity index (χ2v) is 79.3. The topological polar surface area (TPSA) is 75.6 Å². The lowest BCUT2D eigenvalue weighted by atomic mass is 10.1. The van der Waals surface area contributed by atoms with Crippen molar-refractivity contribution in [1.29, 1.82) is 0 Å². The van der Waals surface area contributed by atoms with Gasteiger partial charge in [0.15, 0.2) is 26.8 Å². The number of fused-ring (bicyclic) bond motifs is 1. The monoisotopic (exact) mass is 640 g/mol. The Labute approximate surface area is 232 Å². The summed E-state index contributed by atoms with van der Waals surface area (Å²) in [5.41, 5.74) is 0. The third kappa shape index (κ3) is 5.32. The smallest absolute Gasteiger partial charge is 0.285 e. The molecule has 0 aliphatic carbocycles. The molecule has 0 bridgehead atoms. The molecule has 218 valence electrons. The molecule has 3 heterocycles. The first-order valence-electron chi connectivity index (χ1n) is 13.9. The standard InChI is InChI=1S/C23H56O7Si7/c1-23(2)27-21-19(24)20(26-22(21)28-23)18-17-25-36(31(3,4)5,32(6,7)8)30-35(15,16)37(29-18,33(9,10)11)34(12,13)14/h18-22,24H,17H2,1-16H3/t18-,19-,20+,21+,22+/m0/s1. The third-order valence-electron chi connectivity index (χ3n) is 8.53. The van der Waals surface area contributed by atoms with Crippen molar-refractivity contribution in [3.8, 4) is 0 Å². The van der Waals surface area contributed by atoms with Gasteiger partial charge in [-0.25, -0.2) is 0 Å². The van der Waals surface area contributed by atoms with E-state index in [1.165, 1.54) is 0 Å². The lowest BCUT2D eigenvalue weighted by molar-refractivity contribution is -0.225. The third-order valence-corrected chi connectivity index (χ3v) is 108. The van der Waals surface area contributed by atoms with Gasteiger partial charge >= 0.3 is 0 Å². The molecule has 0 radical (unpaired) electrons. The summed E-state index contributed by atoms with van der Waals surface area (Å²) in [7, 11) is -12.4. The normalized spacial score (nSPS) is 36.1. The van der Waals surface area contributed by atoms with Crippen LogP contribution in [-0.4, -0.2) is 101 Å². The largest absolute Gasteiger partial charge is 0.441 e. The van der Waals surface area contributed by atoms with Crippen molar-refractivity contribution in [2.75, 3.05) is 6.61 Å². The quantitative estimate of drug-likeness (QED) is 0.424. The minimum absolute atomic E-state index is 0.351. The van der Waals surface area contributed by atoms with Gasteiger partial charge in [0.05, 0.1) is 43.1 Å². The van der Waals surface area contributed by atoms with Crippen molar-refractivity contribution in [3.05, 3.63) is 0 Å². The van der Waals surface area contributed by atoms with Crippen LogP contribution in [0.1, 0.15) is 13.8 Å². The van der Waals surface area contributed by atoms with E-state index < -0.39 is 83.1 Å². The summed E-state index contributed by atoms with van der Waals surface area (Å²) < 4.78 is 41.3. The highest BCUT2D eigenvalue weighted by Crippen LogP contribution is 2.47. The number of hydrogen-bond acceptors (Lipinski definition) is 7. The van der Waals surface area contributed by atoms with Crippen LogP contribution < -0.4 is 0 Å². The molecule has 3 aliphatic rings. The molecule has 0 unspecified atom stereocenters. The Kier molecular flexibility index (Phi) is 8.53. The minimum Gasteiger partial charge on any atom is -0.441 e. The average Bonchev–Trinajstić information content (AvgIpc) is 3.07. The van der Waals surface area contributed by atoms with Crippen LogP contribution in [0.2, 0.25) is 91.7 Å². The molecular formula is C23H56O7Si7.